The highest BCUT2D eigenvalue weighted by Crippen LogP contribution is 2.53. The first-order chi connectivity index (χ1) is 12.2. The van der Waals surface area contributed by atoms with E-state index in [1.165, 1.54) is 37.9 Å². The molecule has 1 aromatic carbocycles. The van der Waals surface area contributed by atoms with Crippen LogP contribution in [0.25, 0.3) is 0 Å². The first kappa shape index (κ1) is 16.7. The molecule has 2 aliphatic heterocycles. The highest BCUT2D eigenvalue weighted by Gasteiger charge is 2.47. The molecular formula is C20H29N3O2. The van der Waals surface area contributed by atoms with Gasteiger partial charge in [0.2, 0.25) is 0 Å². The van der Waals surface area contributed by atoms with Gasteiger partial charge in [-0.1, -0.05) is 6.42 Å². The number of nitrogens with zero attached hydrogens (tertiary/aromatic N) is 2. The summed E-state index contributed by atoms with van der Waals surface area (Å²) in [4.78, 5) is 7.15. The molecule has 5 heteroatoms. The summed E-state index contributed by atoms with van der Waals surface area (Å²) in [6.45, 7) is 6.93. The van der Waals surface area contributed by atoms with Crippen LogP contribution in [-0.2, 0) is 5.41 Å². The van der Waals surface area contributed by atoms with Crippen molar-refractivity contribution in [2.75, 3.05) is 32.8 Å². The summed E-state index contributed by atoms with van der Waals surface area (Å²) in [5, 5.41) is 0. The summed E-state index contributed by atoms with van der Waals surface area (Å²) < 4.78 is 11.9. The highest BCUT2D eigenvalue weighted by atomic mass is 16.5. The molecule has 5 nitrogen and oxygen atoms in total. The second kappa shape index (κ2) is 6.87. The lowest BCUT2D eigenvalue weighted by molar-refractivity contribution is 0.247. The van der Waals surface area contributed by atoms with Crippen molar-refractivity contribution < 1.29 is 9.47 Å². The van der Waals surface area contributed by atoms with Gasteiger partial charge in [0.05, 0.1) is 24.3 Å². The Kier molecular flexibility index (Phi) is 4.59. The topological polar surface area (TPSA) is 60.1 Å². The van der Waals surface area contributed by atoms with Crippen LogP contribution in [0.4, 0.5) is 5.69 Å². The number of amidine groups is 1. The van der Waals surface area contributed by atoms with Gasteiger partial charge in [0, 0.05) is 12.6 Å². The average molecular weight is 343 g/mol. The quantitative estimate of drug-likeness (QED) is 0.771. The van der Waals surface area contributed by atoms with E-state index in [-0.39, 0.29) is 5.41 Å². The van der Waals surface area contributed by atoms with E-state index >= 15 is 0 Å². The van der Waals surface area contributed by atoms with Crippen LogP contribution in [0.5, 0.6) is 11.5 Å². The Morgan fingerprint density at radius 2 is 1.88 bits per heavy atom. The van der Waals surface area contributed by atoms with Gasteiger partial charge in [-0.05, 0) is 63.7 Å². The van der Waals surface area contributed by atoms with Crippen molar-refractivity contribution >= 4 is 11.5 Å². The Morgan fingerprint density at radius 1 is 1.12 bits per heavy atom. The zero-order valence-corrected chi connectivity index (χ0v) is 15.2. The zero-order valence-electron chi connectivity index (χ0n) is 15.2. The van der Waals surface area contributed by atoms with Crippen molar-refractivity contribution in [1.82, 2.24) is 4.90 Å². The second-order valence-corrected chi connectivity index (χ2v) is 7.43. The summed E-state index contributed by atoms with van der Waals surface area (Å²) in [5.74, 6) is 2.40. The Morgan fingerprint density at radius 3 is 2.56 bits per heavy atom. The Bertz CT molecular complexity index is 661. The largest absolute Gasteiger partial charge is 0.490 e. The first-order valence-corrected chi connectivity index (χ1v) is 9.74. The van der Waals surface area contributed by atoms with Gasteiger partial charge in [-0.3, -0.25) is 0 Å². The third-order valence-corrected chi connectivity index (χ3v) is 5.89. The van der Waals surface area contributed by atoms with Gasteiger partial charge in [0.15, 0.2) is 11.5 Å². The van der Waals surface area contributed by atoms with Crippen LogP contribution < -0.4 is 15.2 Å². The van der Waals surface area contributed by atoms with Crippen molar-refractivity contribution in [3.8, 4) is 11.5 Å². The minimum Gasteiger partial charge on any atom is -0.490 e. The molecule has 1 saturated carbocycles. The molecule has 2 heterocycles. The number of ether oxygens (including phenoxy) is 2. The minimum absolute atomic E-state index is 0.0323. The Hall–Kier alpha value is -1.75. The maximum absolute atomic E-state index is 6.25. The van der Waals surface area contributed by atoms with Crippen LogP contribution in [0, 0.1) is 0 Å². The summed E-state index contributed by atoms with van der Waals surface area (Å²) in [5.41, 5.74) is 8.42. The van der Waals surface area contributed by atoms with Gasteiger partial charge in [-0.2, -0.15) is 0 Å². The normalized spacial score (nSPS) is 21.1. The number of hydrogen-bond acceptors (Lipinski definition) is 5. The molecule has 1 aliphatic carbocycles. The minimum atomic E-state index is -0.0323. The lowest BCUT2D eigenvalue weighted by atomic mass is 9.64. The molecule has 0 atom stereocenters. The molecule has 136 valence electrons. The molecule has 3 aliphatic rings. The molecule has 2 N–H and O–H groups in total. The molecule has 1 spiro atoms. The average Bonchev–Trinajstić information content (AvgIpc) is 3.16. The predicted molar refractivity (Wildman–Crippen MR) is 100 cm³/mol. The molecule has 0 radical (unpaired) electrons. The van der Waals surface area contributed by atoms with E-state index in [2.05, 4.69) is 16.0 Å². The van der Waals surface area contributed by atoms with E-state index in [1.54, 1.807) is 0 Å². The number of fused-ring (bicyclic) bond motifs is 2. The molecule has 1 aromatic rings. The standard InChI is InChI=1S/C20H29N3O2/c1-2-24-17-13-15-16(22-19(21)20(15)7-5-8-20)14-18(17)25-12-6-11-23-9-3-4-10-23/h13-14H,2-12H2,1H3,(H2,21,22). The van der Waals surface area contributed by atoms with Gasteiger partial charge in [-0.25, -0.2) is 4.99 Å². The lowest BCUT2D eigenvalue weighted by Gasteiger charge is -2.39. The van der Waals surface area contributed by atoms with Crippen molar-refractivity contribution in [2.24, 2.45) is 10.7 Å². The summed E-state index contributed by atoms with van der Waals surface area (Å²) >= 11 is 0. The van der Waals surface area contributed by atoms with Gasteiger partial charge in [0.25, 0.3) is 0 Å². The third kappa shape index (κ3) is 2.99. The van der Waals surface area contributed by atoms with Gasteiger partial charge >= 0.3 is 0 Å². The second-order valence-electron chi connectivity index (χ2n) is 7.43. The van der Waals surface area contributed by atoms with Crippen LogP contribution in [0.1, 0.15) is 51.0 Å². The van der Waals surface area contributed by atoms with Crippen LogP contribution >= 0.6 is 0 Å². The maximum atomic E-state index is 6.25. The molecule has 0 unspecified atom stereocenters. The maximum Gasteiger partial charge on any atom is 0.163 e. The van der Waals surface area contributed by atoms with E-state index < -0.39 is 0 Å². The van der Waals surface area contributed by atoms with Crippen molar-refractivity contribution in [3.63, 3.8) is 0 Å². The zero-order chi connectivity index (χ0) is 17.3. The molecule has 25 heavy (non-hydrogen) atoms. The van der Waals surface area contributed by atoms with Crippen LogP contribution in [0.3, 0.4) is 0 Å². The van der Waals surface area contributed by atoms with E-state index in [0.29, 0.717) is 13.2 Å². The number of nitrogens with two attached hydrogens (primary N) is 1. The SMILES string of the molecule is CCOc1cc2c(cc1OCCCN1CCCC1)N=C(N)C21CCC1. The number of benzene rings is 1. The fourth-order valence-electron chi connectivity index (χ4n) is 4.31. The summed E-state index contributed by atoms with van der Waals surface area (Å²) in [6, 6.07) is 4.15. The van der Waals surface area contributed by atoms with E-state index in [1.807, 2.05) is 13.0 Å². The van der Waals surface area contributed by atoms with Crippen molar-refractivity contribution in [3.05, 3.63) is 17.7 Å². The van der Waals surface area contributed by atoms with Crippen molar-refractivity contribution in [2.45, 2.75) is 50.9 Å². The Labute approximate surface area is 150 Å². The van der Waals surface area contributed by atoms with Crippen LogP contribution in [0.15, 0.2) is 17.1 Å². The molecule has 0 amide bonds. The molecular weight excluding hydrogens is 314 g/mol. The van der Waals surface area contributed by atoms with E-state index in [4.69, 9.17) is 15.2 Å². The molecule has 0 aromatic heterocycles. The smallest absolute Gasteiger partial charge is 0.163 e. The predicted octanol–water partition coefficient (Wildman–Crippen LogP) is 3.37. The Balaban J connectivity index is 1.46. The first-order valence-electron chi connectivity index (χ1n) is 9.74. The molecule has 2 fully saturated rings. The lowest BCUT2D eigenvalue weighted by Crippen LogP contribution is -2.44. The molecule has 4 rings (SSSR count). The number of aliphatic imine (C=N–C) groups is 1. The van der Waals surface area contributed by atoms with Gasteiger partial charge < -0.3 is 20.1 Å². The van der Waals surface area contributed by atoms with Gasteiger partial charge in [0.1, 0.15) is 5.84 Å². The third-order valence-electron chi connectivity index (χ3n) is 5.89. The van der Waals surface area contributed by atoms with Crippen LogP contribution in [-0.4, -0.2) is 43.6 Å². The summed E-state index contributed by atoms with van der Waals surface area (Å²) in [7, 11) is 0. The number of rotatable bonds is 7. The highest BCUT2D eigenvalue weighted by molar-refractivity contribution is 6.00. The number of hydrogen-bond donors (Lipinski definition) is 1. The molecule has 1 saturated heterocycles. The number of likely N-dealkylation sites (tertiary alicyclic amines) is 1. The fourth-order valence-corrected chi connectivity index (χ4v) is 4.31. The van der Waals surface area contributed by atoms with Gasteiger partial charge in [-0.15, -0.1) is 0 Å². The van der Waals surface area contributed by atoms with E-state index in [9.17, 15) is 0 Å². The van der Waals surface area contributed by atoms with Crippen molar-refractivity contribution in [1.29, 1.82) is 0 Å². The van der Waals surface area contributed by atoms with Crippen LogP contribution in [0.2, 0.25) is 0 Å². The monoisotopic (exact) mass is 343 g/mol. The summed E-state index contributed by atoms with van der Waals surface area (Å²) in [6.07, 6.45) is 7.11. The fraction of sp³-hybridized carbons (Fsp3) is 0.650. The van der Waals surface area contributed by atoms with E-state index in [0.717, 1.165) is 48.8 Å². The molecule has 0 bridgehead atoms.